The molecule has 3 aromatic heterocycles. The average molecular weight is 515 g/mol. The Balaban J connectivity index is 1.56. The summed E-state index contributed by atoms with van der Waals surface area (Å²) in [7, 11) is 4.07. The van der Waals surface area contributed by atoms with E-state index in [9.17, 15) is 0 Å². The molecule has 5 rings (SSSR count). The molecule has 0 spiro atoms. The van der Waals surface area contributed by atoms with Crippen LogP contribution in [0.15, 0.2) is 59.4 Å². The van der Waals surface area contributed by atoms with E-state index in [-0.39, 0.29) is 5.92 Å². The lowest BCUT2D eigenvalue weighted by Gasteiger charge is -2.27. The quantitative estimate of drug-likeness (QED) is 0.264. The van der Waals surface area contributed by atoms with Crippen molar-refractivity contribution in [3.63, 3.8) is 0 Å². The van der Waals surface area contributed by atoms with Crippen LogP contribution in [0.1, 0.15) is 50.4 Å². The Labute approximate surface area is 224 Å². The van der Waals surface area contributed by atoms with Gasteiger partial charge in [-0.1, -0.05) is 57.0 Å². The van der Waals surface area contributed by atoms with Crippen molar-refractivity contribution in [2.45, 2.75) is 45.4 Å². The van der Waals surface area contributed by atoms with Gasteiger partial charge in [-0.25, -0.2) is 9.67 Å². The molecule has 1 unspecified atom stereocenters. The Morgan fingerprint density at radius 1 is 1.05 bits per heavy atom. The van der Waals surface area contributed by atoms with Crippen LogP contribution < -0.4 is 4.90 Å². The highest BCUT2D eigenvalue weighted by Gasteiger charge is 2.23. The van der Waals surface area contributed by atoms with Gasteiger partial charge in [0.15, 0.2) is 11.4 Å². The number of aromatic nitrogens is 4. The lowest BCUT2D eigenvalue weighted by Crippen LogP contribution is -2.37. The van der Waals surface area contributed by atoms with Gasteiger partial charge in [-0.05, 0) is 30.2 Å². The van der Waals surface area contributed by atoms with Crippen molar-refractivity contribution in [3.8, 4) is 17.1 Å². The number of hydrogen-bond donors (Lipinski definition) is 0. The van der Waals surface area contributed by atoms with E-state index in [0.29, 0.717) is 19.2 Å². The zero-order valence-corrected chi connectivity index (χ0v) is 22.9. The molecule has 1 aromatic carbocycles. The molecule has 4 heterocycles. The van der Waals surface area contributed by atoms with Crippen LogP contribution in [-0.2, 0) is 11.2 Å². The molecule has 0 amide bonds. The van der Waals surface area contributed by atoms with E-state index >= 15 is 0 Å². The van der Waals surface area contributed by atoms with Crippen LogP contribution in [0.2, 0.25) is 0 Å². The summed E-state index contributed by atoms with van der Waals surface area (Å²) in [6.45, 7) is 7.25. The van der Waals surface area contributed by atoms with E-state index in [2.05, 4.69) is 71.4 Å². The molecular weight excluding hydrogens is 476 g/mol. The number of rotatable bonds is 10. The van der Waals surface area contributed by atoms with E-state index < -0.39 is 0 Å². The first kappa shape index (κ1) is 26.0. The number of benzene rings is 1. The monoisotopic (exact) mass is 514 g/mol. The number of aryl methyl sites for hydroxylation is 1. The second kappa shape index (κ2) is 11.8. The molecule has 200 valence electrons. The maximum absolute atomic E-state index is 6.49. The average Bonchev–Trinajstić information content (AvgIpc) is 3.59. The van der Waals surface area contributed by atoms with Gasteiger partial charge in [0.25, 0.3) is 5.95 Å². The molecule has 0 radical (unpaired) electrons. The van der Waals surface area contributed by atoms with Gasteiger partial charge >= 0.3 is 0 Å². The summed E-state index contributed by atoms with van der Waals surface area (Å²) in [5.74, 6) is 2.42. The minimum Gasteiger partial charge on any atom is -0.455 e. The zero-order valence-electron chi connectivity index (χ0n) is 22.9. The van der Waals surface area contributed by atoms with Gasteiger partial charge in [0.05, 0.1) is 19.4 Å². The van der Waals surface area contributed by atoms with Crippen molar-refractivity contribution < 1.29 is 9.15 Å². The minimum absolute atomic E-state index is 0.171. The number of anilines is 1. The van der Waals surface area contributed by atoms with Crippen molar-refractivity contribution in [3.05, 3.63) is 66.3 Å². The fourth-order valence-corrected chi connectivity index (χ4v) is 4.89. The molecule has 1 fully saturated rings. The molecule has 0 aliphatic carbocycles. The van der Waals surface area contributed by atoms with Crippen molar-refractivity contribution in [1.82, 2.24) is 24.6 Å². The predicted molar refractivity (Wildman–Crippen MR) is 152 cm³/mol. The first-order chi connectivity index (χ1) is 18.6. The van der Waals surface area contributed by atoms with Gasteiger partial charge in [-0.15, -0.1) is 0 Å². The lowest BCUT2D eigenvalue weighted by atomic mass is 10.0. The van der Waals surface area contributed by atoms with Crippen molar-refractivity contribution in [2.24, 2.45) is 0 Å². The van der Waals surface area contributed by atoms with Crippen molar-refractivity contribution >= 4 is 16.9 Å². The molecule has 8 heteroatoms. The third-order valence-electron chi connectivity index (χ3n) is 6.84. The van der Waals surface area contributed by atoms with Crippen molar-refractivity contribution in [2.75, 3.05) is 45.3 Å². The maximum Gasteiger partial charge on any atom is 0.253 e. The molecule has 1 atom stereocenters. The highest BCUT2D eigenvalue weighted by molar-refractivity contribution is 5.85. The Morgan fingerprint density at radius 3 is 2.66 bits per heavy atom. The summed E-state index contributed by atoms with van der Waals surface area (Å²) in [5.41, 5.74) is 5.06. The molecule has 0 saturated carbocycles. The van der Waals surface area contributed by atoms with E-state index in [1.54, 1.807) is 4.68 Å². The highest BCUT2D eigenvalue weighted by atomic mass is 16.5. The van der Waals surface area contributed by atoms with E-state index in [4.69, 9.17) is 19.1 Å². The molecule has 0 bridgehead atoms. The Bertz CT molecular complexity index is 1380. The molecule has 1 saturated heterocycles. The van der Waals surface area contributed by atoms with E-state index in [0.717, 1.165) is 72.6 Å². The van der Waals surface area contributed by atoms with Gasteiger partial charge < -0.3 is 19.0 Å². The Kier molecular flexibility index (Phi) is 8.08. The number of furan rings is 1. The summed E-state index contributed by atoms with van der Waals surface area (Å²) in [5, 5.41) is 4.65. The standard InChI is InChI=1S/C30H38N6O2/c1-5-8-22-10-7-11-24(18-22)25-20-31-36(21-25)30-32-26-19-27(23(9-6-2)12-13-34(3)4)38-28(26)29(33-30)35-14-16-37-17-15-35/h7,10-13,18-21,23H,5-6,8-9,14-17H2,1-4H3/b13-12-. The van der Waals surface area contributed by atoms with E-state index in [1.165, 1.54) is 5.56 Å². The van der Waals surface area contributed by atoms with Crippen LogP contribution >= 0.6 is 0 Å². The van der Waals surface area contributed by atoms with Gasteiger partial charge in [-0.3, -0.25) is 0 Å². The topological polar surface area (TPSA) is 72.5 Å². The van der Waals surface area contributed by atoms with Gasteiger partial charge in [-0.2, -0.15) is 10.1 Å². The van der Waals surface area contributed by atoms with Gasteiger partial charge in [0, 0.05) is 50.9 Å². The largest absolute Gasteiger partial charge is 0.455 e. The summed E-state index contributed by atoms with van der Waals surface area (Å²) in [6, 6.07) is 10.7. The molecule has 4 aromatic rings. The SMILES string of the molecule is CCCc1cccc(-c2cnn(-c3nc(N4CCOCC4)c4oc(C(/C=C\N(C)C)CCC)cc4n3)c2)c1. The van der Waals surface area contributed by atoms with Gasteiger partial charge in [0.2, 0.25) is 0 Å². The van der Waals surface area contributed by atoms with Crippen LogP contribution in [-0.4, -0.2) is 65.0 Å². The fourth-order valence-electron chi connectivity index (χ4n) is 4.89. The van der Waals surface area contributed by atoms with Crippen LogP contribution in [0.25, 0.3) is 28.2 Å². The first-order valence-electron chi connectivity index (χ1n) is 13.7. The number of allylic oxidation sites excluding steroid dienone is 1. The summed E-state index contributed by atoms with van der Waals surface area (Å²) >= 11 is 0. The third-order valence-corrected chi connectivity index (χ3v) is 6.84. The minimum atomic E-state index is 0.171. The molecule has 38 heavy (non-hydrogen) atoms. The maximum atomic E-state index is 6.49. The molecule has 1 aliphatic heterocycles. The summed E-state index contributed by atoms with van der Waals surface area (Å²) in [4.78, 5) is 14.2. The summed E-state index contributed by atoms with van der Waals surface area (Å²) < 4.78 is 13.9. The lowest BCUT2D eigenvalue weighted by molar-refractivity contribution is 0.122. The number of ether oxygens (including phenoxy) is 1. The van der Waals surface area contributed by atoms with Crippen LogP contribution in [0, 0.1) is 0 Å². The number of morpholine rings is 1. The van der Waals surface area contributed by atoms with Crippen LogP contribution in [0.3, 0.4) is 0 Å². The zero-order chi connectivity index (χ0) is 26.5. The predicted octanol–water partition coefficient (Wildman–Crippen LogP) is 5.82. The normalized spacial score (nSPS) is 15.0. The van der Waals surface area contributed by atoms with Crippen molar-refractivity contribution in [1.29, 1.82) is 0 Å². The molecular formula is C30H38N6O2. The molecule has 0 N–H and O–H groups in total. The van der Waals surface area contributed by atoms with Crippen LogP contribution in [0.5, 0.6) is 0 Å². The number of fused-ring (bicyclic) bond motifs is 1. The molecule has 8 nitrogen and oxygen atoms in total. The molecule has 1 aliphatic rings. The Morgan fingerprint density at radius 2 is 1.89 bits per heavy atom. The Hall–Kier alpha value is -3.65. The second-order valence-corrected chi connectivity index (χ2v) is 10.1. The van der Waals surface area contributed by atoms with Gasteiger partial charge in [0.1, 0.15) is 11.3 Å². The highest BCUT2D eigenvalue weighted by Crippen LogP contribution is 2.34. The summed E-state index contributed by atoms with van der Waals surface area (Å²) in [6.07, 6.45) is 12.4. The fraction of sp³-hybridized carbons (Fsp3) is 0.433. The number of nitrogens with zero attached hydrogens (tertiary/aromatic N) is 6. The van der Waals surface area contributed by atoms with Crippen LogP contribution in [0.4, 0.5) is 5.82 Å². The number of hydrogen-bond acceptors (Lipinski definition) is 7. The first-order valence-corrected chi connectivity index (χ1v) is 13.7. The second-order valence-electron chi connectivity index (χ2n) is 10.1. The smallest absolute Gasteiger partial charge is 0.253 e. The third kappa shape index (κ3) is 5.75. The van der Waals surface area contributed by atoms with E-state index in [1.807, 2.05) is 26.5 Å².